The summed E-state index contributed by atoms with van der Waals surface area (Å²) in [5.74, 6) is 1.93. The van der Waals surface area contributed by atoms with Gasteiger partial charge < -0.3 is 15.2 Å². The van der Waals surface area contributed by atoms with Crippen LogP contribution in [-0.2, 0) is 4.79 Å². The molecule has 8 nitrogen and oxygen atoms in total. The quantitative estimate of drug-likeness (QED) is 0.844. The summed E-state index contributed by atoms with van der Waals surface area (Å²) < 4.78 is 5.62. The van der Waals surface area contributed by atoms with Crippen molar-refractivity contribution in [2.45, 2.75) is 51.6 Å². The molecule has 2 aliphatic heterocycles. The topological polar surface area (TPSA) is 101 Å². The second-order valence-electron chi connectivity index (χ2n) is 8.01. The van der Waals surface area contributed by atoms with Crippen molar-refractivity contribution in [1.29, 1.82) is 0 Å². The molecular weight excluding hydrogens is 356 g/mol. The molecule has 0 saturated carbocycles. The molecule has 0 aliphatic carbocycles. The van der Waals surface area contributed by atoms with Crippen LogP contribution in [0.3, 0.4) is 0 Å². The molecule has 2 fully saturated rings. The number of hydrogen-bond donors (Lipinski definition) is 1. The number of hydrogen-bond acceptors (Lipinski definition) is 7. The van der Waals surface area contributed by atoms with Crippen molar-refractivity contribution in [2.75, 3.05) is 24.5 Å². The van der Waals surface area contributed by atoms with Crippen LogP contribution in [0.2, 0.25) is 0 Å². The highest BCUT2D eigenvalue weighted by Gasteiger charge is 2.32. The van der Waals surface area contributed by atoms with Gasteiger partial charge >= 0.3 is 0 Å². The summed E-state index contributed by atoms with van der Waals surface area (Å²) >= 11 is 0. The fourth-order valence-electron chi connectivity index (χ4n) is 4.28. The minimum absolute atomic E-state index is 0.0329. The molecule has 2 aliphatic rings. The number of primary amides is 1. The van der Waals surface area contributed by atoms with E-state index in [0.717, 1.165) is 56.7 Å². The van der Waals surface area contributed by atoms with E-state index in [-0.39, 0.29) is 17.9 Å². The minimum Gasteiger partial charge on any atom is -0.369 e. The van der Waals surface area contributed by atoms with Gasteiger partial charge in [0.15, 0.2) is 0 Å². The van der Waals surface area contributed by atoms with Crippen LogP contribution >= 0.6 is 0 Å². The van der Waals surface area contributed by atoms with Gasteiger partial charge in [0.2, 0.25) is 17.6 Å². The summed E-state index contributed by atoms with van der Waals surface area (Å²) in [6.45, 7) is 7.01. The molecule has 28 heavy (non-hydrogen) atoms. The Labute approximate surface area is 165 Å². The van der Waals surface area contributed by atoms with E-state index in [1.807, 2.05) is 12.1 Å². The van der Waals surface area contributed by atoms with Crippen LogP contribution in [0.5, 0.6) is 0 Å². The van der Waals surface area contributed by atoms with Crippen LogP contribution in [0.4, 0.5) is 5.82 Å². The first kappa shape index (κ1) is 18.9. The molecule has 2 aromatic heterocycles. The number of aromatic nitrogens is 3. The molecule has 150 valence electrons. The number of carbonyl (C=O) groups excluding carboxylic acids is 1. The van der Waals surface area contributed by atoms with Crippen LogP contribution in [0.15, 0.2) is 22.9 Å². The maximum atomic E-state index is 11.4. The Morgan fingerprint density at radius 3 is 2.75 bits per heavy atom. The molecule has 1 amide bonds. The Hall–Kier alpha value is -2.48. The summed E-state index contributed by atoms with van der Waals surface area (Å²) in [4.78, 5) is 25.2. The van der Waals surface area contributed by atoms with Crippen LogP contribution < -0.4 is 10.6 Å². The van der Waals surface area contributed by atoms with Gasteiger partial charge in [0.25, 0.3) is 0 Å². The summed E-state index contributed by atoms with van der Waals surface area (Å²) in [7, 11) is 0. The number of carbonyl (C=O) groups is 1. The molecule has 2 saturated heterocycles. The lowest BCUT2D eigenvalue weighted by Crippen LogP contribution is -2.38. The van der Waals surface area contributed by atoms with Gasteiger partial charge in [0.1, 0.15) is 5.82 Å². The van der Waals surface area contributed by atoms with Gasteiger partial charge in [0.05, 0.1) is 6.04 Å². The Morgan fingerprint density at radius 1 is 1.25 bits per heavy atom. The van der Waals surface area contributed by atoms with Crippen molar-refractivity contribution in [1.82, 2.24) is 20.0 Å². The average molecular weight is 384 g/mol. The van der Waals surface area contributed by atoms with Gasteiger partial charge in [-0.05, 0) is 58.2 Å². The van der Waals surface area contributed by atoms with Gasteiger partial charge in [-0.2, -0.15) is 4.98 Å². The van der Waals surface area contributed by atoms with E-state index in [9.17, 15) is 4.79 Å². The zero-order valence-corrected chi connectivity index (χ0v) is 16.5. The molecule has 2 N–H and O–H groups in total. The summed E-state index contributed by atoms with van der Waals surface area (Å²) in [5, 5.41) is 4.23. The Kier molecular flexibility index (Phi) is 5.30. The second-order valence-corrected chi connectivity index (χ2v) is 8.01. The third-order valence-corrected chi connectivity index (χ3v) is 5.91. The summed E-state index contributed by atoms with van der Waals surface area (Å²) in [6, 6.07) is 4.56. The van der Waals surface area contributed by atoms with Crippen molar-refractivity contribution in [3.05, 3.63) is 24.2 Å². The van der Waals surface area contributed by atoms with Crippen molar-refractivity contribution in [3.63, 3.8) is 0 Å². The molecule has 0 bridgehead atoms. The lowest BCUT2D eigenvalue weighted by Gasteiger charge is -2.31. The van der Waals surface area contributed by atoms with E-state index < -0.39 is 0 Å². The van der Waals surface area contributed by atoms with Gasteiger partial charge in [-0.1, -0.05) is 5.16 Å². The standard InChI is InChI=1S/C20H28N6O2/c1-13(2)26-9-3-4-16(26)20-23-19(24-28-20)15-5-8-22-17(12-15)25-10-6-14(7-11-25)18(21)27/h5,8,12-14,16H,3-4,6-7,9-11H2,1-2H3,(H2,21,27). The van der Waals surface area contributed by atoms with Gasteiger partial charge in [-0.25, -0.2) is 4.98 Å². The molecule has 1 atom stereocenters. The van der Waals surface area contributed by atoms with Crippen LogP contribution in [0.1, 0.15) is 51.5 Å². The third kappa shape index (κ3) is 3.73. The first-order valence-corrected chi connectivity index (χ1v) is 10.1. The largest absolute Gasteiger partial charge is 0.369 e. The van der Waals surface area contributed by atoms with Gasteiger partial charge in [-0.15, -0.1) is 0 Å². The molecule has 8 heteroatoms. The van der Waals surface area contributed by atoms with Crippen molar-refractivity contribution in [2.24, 2.45) is 11.7 Å². The highest BCUT2D eigenvalue weighted by Crippen LogP contribution is 2.33. The van der Waals surface area contributed by atoms with Crippen LogP contribution in [0, 0.1) is 5.92 Å². The monoisotopic (exact) mass is 384 g/mol. The third-order valence-electron chi connectivity index (χ3n) is 5.91. The molecule has 4 heterocycles. The lowest BCUT2D eigenvalue weighted by atomic mass is 9.96. The number of nitrogens with two attached hydrogens (primary N) is 1. The van der Waals surface area contributed by atoms with E-state index in [1.54, 1.807) is 6.20 Å². The highest BCUT2D eigenvalue weighted by atomic mass is 16.5. The van der Waals surface area contributed by atoms with Crippen LogP contribution in [0.25, 0.3) is 11.4 Å². The Bertz CT molecular complexity index is 828. The molecule has 4 rings (SSSR count). The second kappa shape index (κ2) is 7.87. The van der Waals surface area contributed by atoms with Crippen LogP contribution in [-0.4, -0.2) is 51.6 Å². The molecule has 0 aromatic carbocycles. The fourth-order valence-corrected chi connectivity index (χ4v) is 4.28. The van der Waals surface area contributed by atoms with E-state index >= 15 is 0 Å². The minimum atomic E-state index is -0.206. The SMILES string of the molecule is CC(C)N1CCCC1c1nc(-c2ccnc(N3CCC(C(N)=O)CC3)c2)no1. The summed E-state index contributed by atoms with van der Waals surface area (Å²) in [6.07, 6.45) is 5.51. The van der Waals surface area contributed by atoms with E-state index in [0.29, 0.717) is 17.8 Å². The highest BCUT2D eigenvalue weighted by molar-refractivity contribution is 5.77. The number of anilines is 1. The lowest BCUT2D eigenvalue weighted by molar-refractivity contribution is -0.122. The van der Waals surface area contributed by atoms with Gasteiger partial charge in [-0.3, -0.25) is 9.69 Å². The van der Waals surface area contributed by atoms with Crippen molar-refractivity contribution >= 4 is 11.7 Å². The maximum absolute atomic E-state index is 11.4. The maximum Gasteiger partial charge on any atom is 0.244 e. The Morgan fingerprint density at radius 2 is 2.04 bits per heavy atom. The Balaban J connectivity index is 1.50. The van der Waals surface area contributed by atoms with E-state index in [1.165, 1.54) is 0 Å². The predicted octanol–water partition coefficient (Wildman–Crippen LogP) is 2.38. The number of nitrogens with zero attached hydrogens (tertiary/aromatic N) is 5. The molecule has 1 unspecified atom stereocenters. The molecule has 0 radical (unpaired) electrons. The van der Waals surface area contributed by atoms with Gasteiger partial charge in [0, 0.05) is 36.8 Å². The molecular formula is C20H28N6O2. The molecule has 2 aromatic rings. The zero-order chi connectivity index (χ0) is 19.7. The predicted molar refractivity (Wildman–Crippen MR) is 105 cm³/mol. The van der Waals surface area contributed by atoms with E-state index in [4.69, 9.17) is 10.3 Å². The first-order valence-electron chi connectivity index (χ1n) is 10.1. The molecule has 0 spiro atoms. The summed E-state index contributed by atoms with van der Waals surface area (Å²) in [5.41, 5.74) is 6.32. The number of amides is 1. The number of pyridine rings is 1. The van der Waals surface area contributed by atoms with Crippen molar-refractivity contribution in [3.8, 4) is 11.4 Å². The smallest absolute Gasteiger partial charge is 0.244 e. The number of likely N-dealkylation sites (tertiary alicyclic amines) is 1. The number of piperidine rings is 1. The number of rotatable bonds is 5. The normalized spacial score (nSPS) is 21.5. The zero-order valence-electron chi connectivity index (χ0n) is 16.5. The van der Waals surface area contributed by atoms with Crippen molar-refractivity contribution < 1.29 is 9.32 Å². The fraction of sp³-hybridized carbons (Fsp3) is 0.600. The average Bonchev–Trinajstić information content (AvgIpc) is 3.37. The first-order chi connectivity index (χ1) is 13.5. The van der Waals surface area contributed by atoms with E-state index in [2.05, 4.69) is 38.8 Å².